The zero-order valence-electron chi connectivity index (χ0n) is 7.09. The van der Waals surface area contributed by atoms with Gasteiger partial charge in [0, 0.05) is 11.2 Å². The van der Waals surface area contributed by atoms with Gasteiger partial charge < -0.3 is 4.57 Å². The van der Waals surface area contributed by atoms with Gasteiger partial charge in [-0.25, -0.2) is 4.98 Å². The molecule has 2 aliphatic rings. The second kappa shape index (κ2) is 2.23. The molecule has 0 saturated heterocycles. The Morgan fingerprint density at radius 1 is 1.46 bits per heavy atom. The zero-order chi connectivity index (χ0) is 9.05. The summed E-state index contributed by atoms with van der Waals surface area (Å²) in [5.74, 6) is 0. The number of hydrogen-bond donors (Lipinski definition) is 0. The van der Waals surface area contributed by atoms with Crippen molar-refractivity contribution in [3.63, 3.8) is 0 Å². The Balaban J connectivity index is 2.24. The highest BCUT2D eigenvalue weighted by Crippen LogP contribution is 2.53. The summed E-state index contributed by atoms with van der Waals surface area (Å²) in [5, 5.41) is 0. The van der Waals surface area contributed by atoms with E-state index in [1.54, 1.807) is 0 Å². The smallest absolute Gasteiger partial charge is 0.178 e. The third-order valence-corrected chi connectivity index (χ3v) is 3.74. The van der Waals surface area contributed by atoms with Crippen molar-refractivity contribution in [1.82, 2.24) is 9.55 Å². The second-order valence-electron chi connectivity index (χ2n) is 3.89. The number of nitrogens with zero attached hydrogens (tertiary/aromatic N) is 2. The molecular weight excluding hydrogens is 232 g/mol. The Labute approximate surface area is 84.3 Å². The molecule has 13 heavy (non-hydrogen) atoms. The van der Waals surface area contributed by atoms with Gasteiger partial charge >= 0.3 is 0 Å². The van der Waals surface area contributed by atoms with E-state index in [1.807, 2.05) is 0 Å². The largest absolute Gasteiger partial charge is 0.316 e. The maximum Gasteiger partial charge on any atom is 0.178 e. The fourth-order valence-electron chi connectivity index (χ4n) is 2.34. The van der Waals surface area contributed by atoms with Crippen molar-refractivity contribution in [1.29, 1.82) is 0 Å². The fourth-order valence-corrected chi connectivity index (χ4v) is 3.12. The van der Waals surface area contributed by atoms with Crippen molar-refractivity contribution in [2.75, 3.05) is 0 Å². The van der Waals surface area contributed by atoms with E-state index >= 15 is 0 Å². The number of imidazole rings is 1. The summed E-state index contributed by atoms with van der Waals surface area (Å²) in [5.41, 5.74) is 2.08. The van der Waals surface area contributed by atoms with Crippen LogP contribution >= 0.6 is 15.9 Å². The van der Waals surface area contributed by atoms with Crippen LogP contribution in [-0.4, -0.2) is 15.8 Å². The summed E-state index contributed by atoms with van der Waals surface area (Å²) in [6.07, 6.45) is 5.54. The first kappa shape index (κ1) is 7.74. The van der Waals surface area contributed by atoms with Gasteiger partial charge in [-0.3, -0.25) is 4.79 Å². The molecule has 1 spiro atoms. The highest BCUT2D eigenvalue weighted by molar-refractivity contribution is 9.10. The number of carbonyl (C=O) groups is 1. The van der Waals surface area contributed by atoms with Gasteiger partial charge in [0.15, 0.2) is 11.0 Å². The summed E-state index contributed by atoms with van der Waals surface area (Å²) in [7, 11) is 0. The van der Waals surface area contributed by atoms with Crippen LogP contribution in [0.25, 0.3) is 0 Å². The number of aromatic nitrogens is 2. The number of rotatable bonds is 1. The molecule has 1 aliphatic heterocycles. The predicted molar refractivity (Wildman–Crippen MR) is 50.8 cm³/mol. The van der Waals surface area contributed by atoms with Crippen molar-refractivity contribution < 1.29 is 4.79 Å². The summed E-state index contributed by atoms with van der Waals surface area (Å²) in [6.45, 7) is 0. The second-order valence-corrected chi connectivity index (χ2v) is 4.60. The monoisotopic (exact) mass is 240 g/mol. The fraction of sp³-hybridized carbons (Fsp3) is 0.556. The van der Waals surface area contributed by atoms with Crippen LogP contribution in [0.1, 0.15) is 35.4 Å². The third-order valence-electron chi connectivity index (χ3n) is 3.20. The van der Waals surface area contributed by atoms with Crippen LogP contribution in [-0.2, 0) is 12.0 Å². The summed E-state index contributed by atoms with van der Waals surface area (Å²) in [4.78, 5) is 14.9. The van der Waals surface area contributed by atoms with Gasteiger partial charge in [-0.1, -0.05) is 0 Å². The lowest BCUT2D eigenvalue weighted by Crippen LogP contribution is -2.11. The van der Waals surface area contributed by atoms with Gasteiger partial charge in [0.1, 0.15) is 5.69 Å². The minimum atomic E-state index is 0.336. The molecule has 68 valence electrons. The molecule has 1 fully saturated rings. The zero-order valence-corrected chi connectivity index (χ0v) is 8.67. The highest BCUT2D eigenvalue weighted by Gasteiger charge is 2.50. The van der Waals surface area contributed by atoms with Crippen molar-refractivity contribution in [2.45, 2.75) is 31.2 Å². The van der Waals surface area contributed by atoms with Crippen LogP contribution < -0.4 is 0 Å². The molecule has 0 N–H and O–H groups in total. The van der Waals surface area contributed by atoms with Crippen LogP contribution in [0.5, 0.6) is 0 Å². The van der Waals surface area contributed by atoms with E-state index in [2.05, 4.69) is 25.5 Å². The van der Waals surface area contributed by atoms with Crippen molar-refractivity contribution in [2.24, 2.45) is 0 Å². The Bertz CT molecular complexity index is 393. The lowest BCUT2D eigenvalue weighted by molar-refractivity contribution is 0.111. The SMILES string of the molecule is O=Cc1nc(Br)n2c1CCC21CC1. The highest BCUT2D eigenvalue weighted by atomic mass is 79.9. The molecule has 3 rings (SSSR count). The van der Waals surface area contributed by atoms with Gasteiger partial charge in [0.2, 0.25) is 0 Å². The molecule has 4 heteroatoms. The number of fused-ring (bicyclic) bond motifs is 2. The number of carbonyl (C=O) groups excluding carboxylic acids is 1. The summed E-state index contributed by atoms with van der Waals surface area (Å²) >= 11 is 3.42. The van der Waals surface area contributed by atoms with Crippen LogP contribution in [0.15, 0.2) is 4.73 Å². The first-order chi connectivity index (χ1) is 6.27. The Hall–Kier alpha value is -0.640. The molecule has 0 aromatic carbocycles. The molecule has 1 aliphatic carbocycles. The molecule has 0 atom stereocenters. The first-order valence-corrected chi connectivity index (χ1v) is 5.29. The molecule has 1 saturated carbocycles. The topological polar surface area (TPSA) is 34.9 Å². The average molecular weight is 241 g/mol. The lowest BCUT2D eigenvalue weighted by Gasteiger charge is -2.09. The maximum atomic E-state index is 10.7. The first-order valence-electron chi connectivity index (χ1n) is 4.50. The van der Waals surface area contributed by atoms with E-state index in [0.29, 0.717) is 11.2 Å². The molecular formula is C9H9BrN2O. The van der Waals surface area contributed by atoms with Crippen LogP contribution in [0.2, 0.25) is 0 Å². The Morgan fingerprint density at radius 3 is 2.85 bits per heavy atom. The maximum absolute atomic E-state index is 10.7. The number of hydrogen-bond acceptors (Lipinski definition) is 2. The summed E-state index contributed by atoms with van der Waals surface area (Å²) < 4.78 is 3.05. The molecule has 0 unspecified atom stereocenters. The third kappa shape index (κ3) is 0.843. The standard InChI is InChI=1S/C9H9BrN2O/c10-8-11-6(5-13)7-1-2-9(3-4-9)12(7)8/h5H,1-4H2. The van der Waals surface area contributed by atoms with Crippen molar-refractivity contribution in [3.05, 3.63) is 16.1 Å². The van der Waals surface area contributed by atoms with E-state index in [-0.39, 0.29) is 0 Å². The van der Waals surface area contributed by atoms with Crippen molar-refractivity contribution >= 4 is 22.2 Å². The van der Waals surface area contributed by atoms with E-state index in [9.17, 15) is 4.79 Å². The van der Waals surface area contributed by atoms with Gasteiger partial charge in [0.05, 0.1) is 0 Å². The number of halogens is 1. The van der Waals surface area contributed by atoms with Gasteiger partial charge in [0.25, 0.3) is 0 Å². The molecule has 3 nitrogen and oxygen atoms in total. The van der Waals surface area contributed by atoms with E-state index < -0.39 is 0 Å². The van der Waals surface area contributed by atoms with Crippen molar-refractivity contribution in [3.8, 4) is 0 Å². The molecule has 0 amide bonds. The lowest BCUT2D eigenvalue weighted by atomic mass is 10.2. The van der Waals surface area contributed by atoms with Crippen LogP contribution in [0, 0.1) is 0 Å². The van der Waals surface area contributed by atoms with Crippen LogP contribution in [0.4, 0.5) is 0 Å². The van der Waals surface area contributed by atoms with E-state index in [0.717, 1.165) is 23.1 Å². The minimum absolute atomic E-state index is 0.336. The minimum Gasteiger partial charge on any atom is -0.316 e. The quantitative estimate of drug-likeness (QED) is 0.703. The Kier molecular flexibility index (Phi) is 1.33. The molecule has 0 radical (unpaired) electrons. The van der Waals surface area contributed by atoms with E-state index in [4.69, 9.17) is 0 Å². The molecule has 1 aromatic rings. The normalized spacial score (nSPS) is 21.9. The number of aldehydes is 1. The van der Waals surface area contributed by atoms with Crippen LogP contribution in [0.3, 0.4) is 0 Å². The van der Waals surface area contributed by atoms with Gasteiger partial charge in [-0.15, -0.1) is 0 Å². The Morgan fingerprint density at radius 2 is 2.23 bits per heavy atom. The summed E-state index contributed by atoms with van der Waals surface area (Å²) in [6, 6.07) is 0. The van der Waals surface area contributed by atoms with Gasteiger partial charge in [-0.05, 0) is 41.6 Å². The van der Waals surface area contributed by atoms with E-state index in [1.165, 1.54) is 19.3 Å². The average Bonchev–Trinajstić information content (AvgIpc) is 2.66. The molecule has 2 heterocycles. The molecule has 1 aromatic heterocycles. The molecule has 0 bridgehead atoms. The predicted octanol–water partition coefficient (Wildman–Crippen LogP) is 1.89. The van der Waals surface area contributed by atoms with Gasteiger partial charge in [-0.2, -0.15) is 0 Å².